The zero-order chi connectivity index (χ0) is 17.8. The normalized spacial score (nSPS) is 10.5. The van der Waals surface area contributed by atoms with Crippen LogP contribution in [-0.2, 0) is 6.42 Å². The molecule has 1 amide bonds. The van der Waals surface area contributed by atoms with E-state index in [4.69, 9.17) is 16.3 Å². The maximum atomic E-state index is 12.6. The number of nitrogens with zero attached hydrogens (tertiary/aromatic N) is 1. The van der Waals surface area contributed by atoms with Crippen LogP contribution in [0.5, 0.6) is 5.75 Å². The molecule has 0 fully saturated rings. The first kappa shape index (κ1) is 17.0. The van der Waals surface area contributed by atoms with E-state index in [-0.39, 0.29) is 5.91 Å². The van der Waals surface area contributed by atoms with Crippen molar-refractivity contribution >= 4 is 23.2 Å². The van der Waals surface area contributed by atoms with E-state index in [0.717, 1.165) is 17.0 Å². The van der Waals surface area contributed by atoms with Crippen molar-refractivity contribution in [3.05, 3.63) is 64.8 Å². The first-order valence-corrected chi connectivity index (χ1v) is 8.29. The highest BCUT2D eigenvalue weighted by Gasteiger charge is 2.18. The Morgan fingerprint density at radius 1 is 1.24 bits per heavy atom. The molecule has 1 aromatic heterocycles. The van der Waals surface area contributed by atoms with Gasteiger partial charge in [0.25, 0.3) is 5.91 Å². The van der Waals surface area contributed by atoms with Gasteiger partial charge in [-0.2, -0.15) is 5.10 Å². The standard InChI is InChI=1S/C19H18ClN3O2/c1-3-16-18(21-19(24)14-9-4-5-10-15(14)20)17(23-22-16)12-7-6-8-13(11-12)25-2/h4-11H,3H2,1-2H3,(H,21,24)(H,22,23). The van der Waals surface area contributed by atoms with Gasteiger partial charge in [-0.05, 0) is 30.7 Å². The van der Waals surface area contributed by atoms with Crippen LogP contribution in [0.1, 0.15) is 23.0 Å². The number of methoxy groups -OCH3 is 1. The van der Waals surface area contributed by atoms with Crippen LogP contribution in [-0.4, -0.2) is 23.2 Å². The van der Waals surface area contributed by atoms with Gasteiger partial charge >= 0.3 is 0 Å². The van der Waals surface area contributed by atoms with Gasteiger partial charge in [-0.3, -0.25) is 9.89 Å². The molecule has 2 aromatic carbocycles. The second-order valence-electron chi connectivity index (χ2n) is 5.45. The molecule has 0 aliphatic carbocycles. The van der Waals surface area contributed by atoms with Crippen molar-refractivity contribution < 1.29 is 9.53 Å². The molecule has 0 aliphatic rings. The third-order valence-electron chi connectivity index (χ3n) is 3.89. The number of carbonyl (C=O) groups is 1. The van der Waals surface area contributed by atoms with Crippen LogP contribution in [0.2, 0.25) is 5.02 Å². The van der Waals surface area contributed by atoms with Gasteiger partial charge in [-0.25, -0.2) is 0 Å². The van der Waals surface area contributed by atoms with Crippen LogP contribution in [0.25, 0.3) is 11.3 Å². The molecule has 0 saturated heterocycles. The summed E-state index contributed by atoms with van der Waals surface area (Å²) in [6.07, 6.45) is 0.703. The van der Waals surface area contributed by atoms with Gasteiger partial charge in [-0.15, -0.1) is 0 Å². The molecule has 0 aliphatic heterocycles. The molecule has 1 heterocycles. The number of amides is 1. The molecule has 2 N–H and O–H groups in total. The van der Waals surface area contributed by atoms with E-state index >= 15 is 0 Å². The Balaban J connectivity index is 1.99. The van der Waals surface area contributed by atoms with Crippen LogP contribution in [0, 0.1) is 0 Å². The number of aryl methyl sites for hydroxylation is 1. The summed E-state index contributed by atoms with van der Waals surface area (Å²) in [5.41, 5.74) is 3.43. The molecule has 0 bridgehead atoms. The minimum Gasteiger partial charge on any atom is -0.497 e. The number of aromatic amines is 1. The first-order chi connectivity index (χ1) is 12.1. The van der Waals surface area contributed by atoms with E-state index in [2.05, 4.69) is 15.5 Å². The van der Waals surface area contributed by atoms with E-state index in [0.29, 0.717) is 28.4 Å². The van der Waals surface area contributed by atoms with E-state index in [1.807, 2.05) is 31.2 Å². The highest BCUT2D eigenvalue weighted by molar-refractivity contribution is 6.34. The molecule has 3 rings (SSSR count). The summed E-state index contributed by atoms with van der Waals surface area (Å²) in [5, 5.41) is 10.7. The molecule has 0 spiro atoms. The summed E-state index contributed by atoms with van der Waals surface area (Å²) in [6, 6.07) is 14.5. The number of benzene rings is 2. The molecule has 0 atom stereocenters. The van der Waals surface area contributed by atoms with Crippen molar-refractivity contribution in [1.82, 2.24) is 10.2 Å². The van der Waals surface area contributed by atoms with Crippen molar-refractivity contribution in [3.8, 4) is 17.0 Å². The zero-order valence-corrected chi connectivity index (χ0v) is 14.7. The van der Waals surface area contributed by atoms with Gasteiger partial charge in [0.15, 0.2) is 0 Å². The topological polar surface area (TPSA) is 67.0 Å². The number of hydrogen-bond donors (Lipinski definition) is 2. The Morgan fingerprint density at radius 2 is 2.04 bits per heavy atom. The van der Waals surface area contributed by atoms with Crippen molar-refractivity contribution in [2.24, 2.45) is 0 Å². The molecular formula is C19H18ClN3O2. The Morgan fingerprint density at radius 3 is 2.76 bits per heavy atom. The molecule has 5 nitrogen and oxygen atoms in total. The second-order valence-corrected chi connectivity index (χ2v) is 5.85. The zero-order valence-electron chi connectivity index (χ0n) is 14.0. The van der Waals surface area contributed by atoms with E-state index in [1.54, 1.807) is 31.4 Å². The lowest BCUT2D eigenvalue weighted by molar-refractivity contribution is 0.102. The molecule has 6 heteroatoms. The van der Waals surface area contributed by atoms with Crippen LogP contribution >= 0.6 is 11.6 Å². The van der Waals surface area contributed by atoms with E-state index < -0.39 is 0 Å². The van der Waals surface area contributed by atoms with Gasteiger partial charge in [0.05, 0.1) is 29.1 Å². The fourth-order valence-electron chi connectivity index (χ4n) is 2.57. The van der Waals surface area contributed by atoms with Gasteiger partial charge in [-0.1, -0.05) is 42.8 Å². The predicted molar refractivity (Wildman–Crippen MR) is 99.4 cm³/mol. The quantitative estimate of drug-likeness (QED) is 0.705. The summed E-state index contributed by atoms with van der Waals surface area (Å²) < 4.78 is 5.27. The van der Waals surface area contributed by atoms with Crippen LogP contribution in [0.15, 0.2) is 48.5 Å². The SMILES string of the molecule is CCc1[nH]nc(-c2cccc(OC)c2)c1NC(=O)c1ccccc1Cl. The Bertz CT molecular complexity index is 905. The van der Waals surface area contributed by atoms with Crippen molar-refractivity contribution in [2.75, 3.05) is 12.4 Å². The Hall–Kier alpha value is -2.79. The van der Waals surface area contributed by atoms with Crippen molar-refractivity contribution in [1.29, 1.82) is 0 Å². The molecule has 0 radical (unpaired) electrons. The Kier molecular flexibility index (Phi) is 5.05. The summed E-state index contributed by atoms with van der Waals surface area (Å²) in [5.74, 6) is 0.452. The Labute approximate surface area is 151 Å². The third kappa shape index (κ3) is 3.51. The van der Waals surface area contributed by atoms with Gasteiger partial charge in [0.1, 0.15) is 11.4 Å². The number of ether oxygens (including phenoxy) is 1. The maximum Gasteiger partial charge on any atom is 0.257 e. The summed E-state index contributed by atoms with van der Waals surface area (Å²) >= 11 is 6.13. The lowest BCUT2D eigenvalue weighted by Crippen LogP contribution is -2.13. The minimum absolute atomic E-state index is 0.272. The summed E-state index contributed by atoms with van der Waals surface area (Å²) in [7, 11) is 1.61. The van der Waals surface area contributed by atoms with Crippen molar-refractivity contribution in [3.63, 3.8) is 0 Å². The van der Waals surface area contributed by atoms with Crippen molar-refractivity contribution in [2.45, 2.75) is 13.3 Å². The fourth-order valence-corrected chi connectivity index (χ4v) is 2.80. The average Bonchev–Trinajstić information content (AvgIpc) is 3.04. The first-order valence-electron chi connectivity index (χ1n) is 7.91. The molecule has 3 aromatic rings. The number of aromatic nitrogens is 2. The average molecular weight is 356 g/mol. The summed E-state index contributed by atoms with van der Waals surface area (Å²) in [4.78, 5) is 12.6. The number of hydrogen-bond acceptors (Lipinski definition) is 3. The molecule has 25 heavy (non-hydrogen) atoms. The molecule has 0 saturated carbocycles. The second kappa shape index (κ2) is 7.40. The van der Waals surface area contributed by atoms with Crippen LogP contribution in [0.4, 0.5) is 5.69 Å². The smallest absolute Gasteiger partial charge is 0.257 e. The summed E-state index contributed by atoms with van der Waals surface area (Å²) in [6.45, 7) is 1.99. The minimum atomic E-state index is -0.272. The van der Waals surface area contributed by atoms with Crippen LogP contribution < -0.4 is 10.1 Å². The maximum absolute atomic E-state index is 12.6. The number of rotatable bonds is 5. The fraction of sp³-hybridized carbons (Fsp3) is 0.158. The number of carbonyl (C=O) groups excluding carboxylic acids is 1. The lowest BCUT2D eigenvalue weighted by atomic mass is 10.1. The van der Waals surface area contributed by atoms with Gasteiger partial charge in [0.2, 0.25) is 0 Å². The molecular weight excluding hydrogens is 338 g/mol. The van der Waals surface area contributed by atoms with Gasteiger partial charge < -0.3 is 10.1 Å². The molecule has 0 unspecified atom stereocenters. The highest BCUT2D eigenvalue weighted by Crippen LogP contribution is 2.32. The van der Waals surface area contributed by atoms with Crippen LogP contribution in [0.3, 0.4) is 0 Å². The number of nitrogens with one attached hydrogen (secondary N) is 2. The van der Waals surface area contributed by atoms with E-state index in [1.165, 1.54) is 0 Å². The predicted octanol–water partition coefficient (Wildman–Crippen LogP) is 4.55. The number of halogens is 1. The largest absolute Gasteiger partial charge is 0.497 e. The number of anilines is 1. The highest BCUT2D eigenvalue weighted by atomic mass is 35.5. The lowest BCUT2D eigenvalue weighted by Gasteiger charge is -2.09. The molecule has 128 valence electrons. The van der Waals surface area contributed by atoms with E-state index in [9.17, 15) is 4.79 Å². The number of H-pyrrole nitrogens is 1. The third-order valence-corrected chi connectivity index (χ3v) is 4.22. The monoisotopic (exact) mass is 355 g/mol. The van der Waals surface area contributed by atoms with Gasteiger partial charge in [0, 0.05) is 5.56 Å².